The van der Waals surface area contributed by atoms with Gasteiger partial charge < -0.3 is 10.6 Å². The van der Waals surface area contributed by atoms with Crippen molar-refractivity contribution >= 4 is 29.1 Å². The molecule has 1 saturated heterocycles. The van der Waals surface area contributed by atoms with Crippen molar-refractivity contribution in [2.45, 2.75) is 25.8 Å². The van der Waals surface area contributed by atoms with Gasteiger partial charge in [0.25, 0.3) is 0 Å². The van der Waals surface area contributed by atoms with Gasteiger partial charge in [0.05, 0.1) is 18.1 Å². The summed E-state index contributed by atoms with van der Waals surface area (Å²) in [5.41, 5.74) is 6.88. The molecule has 1 fully saturated rings. The lowest BCUT2D eigenvalue weighted by Gasteiger charge is -2.33. The third-order valence-electron chi connectivity index (χ3n) is 4.71. The Kier molecular flexibility index (Phi) is 6.59. The number of urea groups is 1. The summed E-state index contributed by atoms with van der Waals surface area (Å²) in [4.78, 5) is 32.3. The Balaban J connectivity index is 1.87. The van der Waals surface area contributed by atoms with Gasteiger partial charge in [-0.15, -0.1) is 0 Å². The summed E-state index contributed by atoms with van der Waals surface area (Å²) in [6.07, 6.45) is 4.57. The Morgan fingerprint density at radius 2 is 1.93 bits per heavy atom. The van der Waals surface area contributed by atoms with Gasteiger partial charge in [0.1, 0.15) is 11.5 Å². The average Bonchev–Trinajstić information content (AvgIpc) is 2.74. The zero-order chi connectivity index (χ0) is 20.1. The van der Waals surface area contributed by atoms with Crippen molar-refractivity contribution in [2.24, 2.45) is 5.73 Å². The van der Waals surface area contributed by atoms with E-state index in [2.05, 4.69) is 4.98 Å². The lowest BCUT2D eigenvalue weighted by Crippen LogP contribution is -2.45. The fourth-order valence-electron chi connectivity index (χ4n) is 3.15. The first-order chi connectivity index (χ1) is 13.5. The van der Waals surface area contributed by atoms with E-state index >= 15 is 0 Å². The second-order valence-electron chi connectivity index (χ2n) is 6.69. The predicted octanol–water partition coefficient (Wildman–Crippen LogP) is 3.63. The molecule has 1 aromatic carbocycles. The summed E-state index contributed by atoms with van der Waals surface area (Å²) in [5.74, 6) is -0.791. The number of carbonyl (C=O) groups is 2. The molecule has 1 aromatic heterocycles. The summed E-state index contributed by atoms with van der Waals surface area (Å²) < 4.78 is 13.6. The van der Waals surface area contributed by atoms with Crippen molar-refractivity contribution in [3.63, 3.8) is 0 Å². The smallest absolute Gasteiger partial charge is 0.324 e. The molecule has 2 heterocycles. The lowest BCUT2D eigenvalue weighted by molar-refractivity contribution is 0.0996. The molecule has 0 saturated carbocycles. The van der Waals surface area contributed by atoms with Gasteiger partial charge in [-0.3, -0.25) is 14.7 Å². The molecule has 6 nitrogen and oxygen atoms in total. The maximum Gasteiger partial charge on any atom is 0.324 e. The number of Topliss-reactive ketones (excluding diaryl/α,β-unsaturated/α-hetero) is 1. The standard InChI is InChI=1S/C20H22ClFN4O2/c21-16-10-15(5-6-17(16)22)26(20(28)25-8-2-1-3-9-25)13-14-4-7-18(24-12-14)19(27)11-23/h4-7,10,12H,1-3,8-9,11,13,23H2. The van der Waals surface area contributed by atoms with Crippen LogP contribution in [0.3, 0.4) is 0 Å². The first kappa shape index (κ1) is 20.2. The van der Waals surface area contributed by atoms with Crippen LogP contribution in [-0.2, 0) is 6.54 Å². The minimum Gasteiger partial charge on any atom is -0.324 e. The van der Waals surface area contributed by atoms with Crippen LogP contribution in [0.1, 0.15) is 35.3 Å². The minimum atomic E-state index is -0.540. The number of halogens is 2. The first-order valence-electron chi connectivity index (χ1n) is 9.19. The molecule has 2 aromatic rings. The largest absolute Gasteiger partial charge is 0.324 e. The highest BCUT2D eigenvalue weighted by atomic mass is 35.5. The van der Waals surface area contributed by atoms with Crippen molar-refractivity contribution in [1.29, 1.82) is 0 Å². The zero-order valence-electron chi connectivity index (χ0n) is 15.4. The highest BCUT2D eigenvalue weighted by molar-refractivity contribution is 6.31. The third-order valence-corrected chi connectivity index (χ3v) is 5.00. The van der Waals surface area contributed by atoms with Crippen LogP contribution < -0.4 is 10.6 Å². The number of anilines is 1. The summed E-state index contributed by atoms with van der Waals surface area (Å²) in [5, 5.41) is -0.0454. The number of ketones is 1. The van der Waals surface area contributed by atoms with Crippen LogP contribution in [0.4, 0.5) is 14.9 Å². The van der Waals surface area contributed by atoms with Crippen LogP contribution in [0, 0.1) is 5.82 Å². The molecule has 1 aliphatic heterocycles. The fourth-order valence-corrected chi connectivity index (χ4v) is 3.32. The van der Waals surface area contributed by atoms with E-state index in [0.717, 1.165) is 24.8 Å². The maximum absolute atomic E-state index is 13.6. The highest BCUT2D eigenvalue weighted by Crippen LogP contribution is 2.26. The van der Waals surface area contributed by atoms with E-state index in [0.29, 0.717) is 18.8 Å². The van der Waals surface area contributed by atoms with Crippen molar-refractivity contribution < 1.29 is 14.0 Å². The first-order valence-corrected chi connectivity index (χ1v) is 9.57. The van der Waals surface area contributed by atoms with Gasteiger partial charge in [-0.05, 0) is 49.1 Å². The zero-order valence-corrected chi connectivity index (χ0v) is 16.2. The van der Waals surface area contributed by atoms with Crippen molar-refractivity contribution in [3.8, 4) is 0 Å². The molecule has 0 unspecified atom stereocenters. The molecule has 28 heavy (non-hydrogen) atoms. The molecule has 0 bridgehead atoms. The molecule has 2 N–H and O–H groups in total. The number of hydrogen-bond acceptors (Lipinski definition) is 4. The molecule has 1 aliphatic rings. The van der Waals surface area contributed by atoms with Gasteiger partial charge >= 0.3 is 6.03 Å². The van der Waals surface area contributed by atoms with Crippen molar-refractivity contribution in [3.05, 3.63) is 58.6 Å². The molecule has 0 radical (unpaired) electrons. The number of pyridine rings is 1. The maximum atomic E-state index is 13.6. The molecular formula is C20H22ClFN4O2. The van der Waals surface area contributed by atoms with Gasteiger partial charge in [-0.2, -0.15) is 0 Å². The molecule has 8 heteroatoms. The monoisotopic (exact) mass is 404 g/mol. The molecule has 0 aliphatic carbocycles. The van der Waals surface area contributed by atoms with Gasteiger partial charge in [0, 0.05) is 25.0 Å². The molecule has 0 spiro atoms. The lowest BCUT2D eigenvalue weighted by atomic mass is 10.1. The topological polar surface area (TPSA) is 79.5 Å². The van der Waals surface area contributed by atoms with Crippen LogP contribution >= 0.6 is 11.6 Å². The van der Waals surface area contributed by atoms with E-state index in [-0.39, 0.29) is 35.6 Å². The second kappa shape index (κ2) is 9.12. The van der Waals surface area contributed by atoms with Gasteiger partial charge in [0.15, 0.2) is 5.78 Å². The molecule has 3 rings (SSSR count). The SMILES string of the molecule is NCC(=O)c1ccc(CN(C(=O)N2CCCCC2)c2ccc(F)c(Cl)c2)cn1. The van der Waals surface area contributed by atoms with Crippen molar-refractivity contribution in [2.75, 3.05) is 24.5 Å². The highest BCUT2D eigenvalue weighted by Gasteiger charge is 2.25. The number of amides is 2. The number of nitrogens with two attached hydrogens (primary N) is 1. The fraction of sp³-hybridized carbons (Fsp3) is 0.350. The van der Waals surface area contributed by atoms with Crippen LogP contribution in [-0.4, -0.2) is 41.3 Å². The number of hydrogen-bond donors (Lipinski definition) is 1. The van der Waals surface area contributed by atoms with E-state index in [9.17, 15) is 14.0 Å². The number of carbonyl (C=O) groups excluding carboxylic acids is 2. The Hall–Kier alpha value is -2.51. The van der Waals surface area contributed by atoms with Crippen molar-refractivity contribution in [1.82, 2.24) is 9.88 Å². The summed E-state index contributed by atoms with van der Waals surface area (Å²) in [6.45, 7) is 1.49. The minimum absolute atomic E-state index is 0.0454. The summed E-state index contributed by atoms with van der Waals surface area (Å²) in [6, 6.07) is 7.38. The Morgan fingerprint density at radius 3 is 2.54 bits per heavy atom. The van der Waals surface area contributed by atoms with E-state index in [1.807, 2.05) is 0 Å². The molecule has 0 atom stereocenters. The number of aromatic nitrogens is 1. The van der Waals surface area contributed by atoms with E-state index in [1.165, 1.54) is 18.2 Å². The number of piperidine rings is 1. The molecular weight excluding hydrogens is 383 g/mol. The Morgan fingerprint density at radius 1 is 1.18 bits per heavy atom. The Labute approximate surface area is 168 Å². The van der Waals surface area contributed by atoms with E-state index < -0.39 is 5.82 Å². The van der Waals surface area contributed by atoms with Gasteiger partial charge in [-0.1, -0.05) is 17.7 Å². The van der Waals surface area contributed by atoms with Gasteiger partial charge in [-0.25, -0.2) is 9.18 Å². The Bertz CT molecular complexity index is 854. The number of benzene rings is 1. The molecule has 2 amide bonds. The normalized spacial score (nSPS) is 14.0. The number of likely N-dealkylation sites (tertiary alicyclic amines) is 1. The van der Waals surface area contributed by atoms with E-state index in [4.69, 9.17) is 17.3 Å². The predicted molar refractivity (Wildman–Crippen MR) is 106 cm³/mol. The summed E-state index contributed by atoms with van der Waals surface area (Å²) >= 11 is 5.93. The van der Waals surface area contributed by atoms with Crippen LogP contribution in [0.2, 0.25) is 5.02 Å². The summed E-state index contributed by atoms with van der Waals surface area (Å²) in [7, 11) is 0. The van der Waals surface area contributed by atoms with Gasteiger partial charge in [0.2, 0.25) is 0 Å². The average molecular weight is 405 g/mol. The number of nitrogens with zero attached hydrogens (tertiary/aromatic N) is 3. The third kappa shape index (κ3) is 4.66. The molecule has 148 valence electrons. The van der Waals surface area contributed by atoms with Crippen LogP contribution in [0.25, 0.3) is 0 Å². The number of rotatable bonds is 5. The second-order valence-corrected chi connectivity index (χ2v) is 7.10. The van der Waals surface area contributed by atoms with Crippen LogP contribution in [0.5, 0.6) is 0 Å². The van der Waals surface area contributed by atoms with Crippen LogP contribution in [0.15, 0.2) is 36.5 Å². The quantitative estimate of drug-likeness (QED) is 0.772. The van der Waals surface area contributed by atoms with E-state index in [1.54, 1.807) is 28.1 Å².